The Morgan fingerprint density at radius 3 is 2.37 bits per heavy atom. The summed E-state index contributed by atoms with van der Waals surface area (Å²) in [5.41, 5.74) is 2.91. The van der Waals surface area contributed by atoms with Crippen LogP contribution in [-0.2, 0) is 13.6 Å². The van der Waals surface area contributed by atoms with E-state index in [2.05, 4.69) is 24.0 Å². The molecule has 1 N–H and O–H groups in total. The third-order valence-electron chi connectivity index (χ3n) is 4.85. The van der Waals surface area contributed by atoms with E-state index in [-0.39, 0.29) is 0 Å². The van der Waals surface area contributed by atoms with Gasteiger partial charge in [-0.05, 0) is 32.0 Å². The second-order valence-corrected chi connectivity index (χ2v) is 7.46. The van der Waals surface area contributed by atoms with E-state index in [1.54, 1.807) is 11.8 Å². The van der Waals surface area contributed by atoms with Crippen molar-refractivity contribution in [1.82, 2.24) is 14.7 Å². The molecule has 2 aromatic carbocycles. The van der Waals surface area contributed by atoms with Gasteiger partial charge in [0.05, 0.1) is 18.8 Å². The zero-order valence-corrected chi connectivity index (χ0v) is 18.2. The second-order valence-electron chi connectivity index (χ2n) is 7.46. The van der Waals surface area contributed by atoms with Crippen LogP contribution in [0.25, 0.3) is 11.3 Å². The fourth-order valence-corrected chi connectivity index (χ4v) is 3.61. The number of methoxy groups -OCH3 is 1. The second kappa shape index (κ2) is 10.3. The molecule has 0 spiro atoms. The van der Waals surface area contributed by atoms with Gasteiger partial charge >= 0.3 is 0 Å². The van der Waals surface area contributed by atoms with Crippen LogP contribution in [0.5, 0.6) is 17.4 Å². The first-order valence-corrected chi connectivity index (χ1v) is 10.4. The average Bonchev–Trinajstić information content (AvgIpc) is 3.04. The maximum absolute atomic E-state index is 9.98. The fraction of sp³-hybridized carbons (Fsp3) is 0.375. The summed E-state index contributed by atoms with van der Waals surface area (Å²) in [4.78, 5) is 2.24. The molecule has 1 atom stereocenters. The van der Waals surface area contributed by atoms with Gasteiger partial charge in [-0.3, -0.25) is 4.90 Å². The Balaban J connectivity index is 2.06. The summed E-state index contributed by atoms with van der Waals surface area (Å²) in [5, 5.41) is 14.8. The molecule has 0 aliphatic carbocycles. The van der Waals surface area contributed by atoms with E-state index < -0.39 is 6.10 Å². The lowest BCUT2D eigenvalue weighted by atomic mass is 10.1. The number of benzene rings is 2. The van der Waals surface area contributed by atoms with Crippen molar-refractivity contribution in [3.63, 3.8) is 0 Å². The molecule has 0 radical (unpaired) electrons. The molecule has 30 heavy (non-hydrogen) atoms. The first kappa shape index (κ1) is 21.9. The highest BCUT2D eigenvalue weighted by atomic mass is 16.5. The van der Waals surface area contributed by atoms with Crippen LogP contribution in [0.2, 0.25) is 0 Å². The van der Waals surface area contributed by atoms with E-state index in [0.717, 1.165) is 29.8 Å². The third-order valence-corrected chi connectivity index (χ3v) is 4.85. The summed E-state index contributed by atoms with van der Waals surface area (Å²) in [6.07, 6.45) is 0.586. The predicted octanol–water partition coefficient (Wildman–Crippen LogP) is 4.48. The summed E-state index contributed by atoms with van der Waals surface area (Å²) in [5.74, 6) is 1.98. The first-order valence-electron chi connectivity index (χ1n) is 10.4. The van der Waals surface area contributed by atoms with E-state index in [4.69, 9.17) is 14.6 Å². The molecule has 3 rings (SSSR count). The molecule has 0 amide bonds. The number of aromatic nitrogens is 2. The normalized spacial score (nSPS) is 12.2. The number of hydrogen-bond donors (Lipinski definition) is 1. The third kappa shape index (κ3) is 5.20. The molecule has 6 nitrogen and oxygen atoms in total. The molecular formula is C24H31N3O3. The molecule has 0 aliphatic heterocycles. The van der Waals surface area contributed by atoms with Gasteiger partial charge < -0.3 is 14.6 Å². The minimum Gasteiger partial charge on any atom is -0.493 e. The first-order chi connectivity index (χ1) is 14.5. The number of aliphatic hydroxyl groups excluding tert-OH is 1. The van der Waals surface area contributed by atoms with Gasteiger partial charge in [-0.2, -0.15) is 5.10 Å². The Bertz CT molecular complexity index is 938. The molecule has 1 aromatic heterocycles. The van der Waals surface area contributed by atoms with Crippen molar-refractivity contribution in [2.75, 3.05) is 20.2 Å². The Morgan fingerprint density at radius 2 is 1.73 bits per heavy atom. The van der Waals surface area contributed by atoms with E-state index in [9.17, 15) is 5.11 Å². The van der Waals surface area contributed by atoms with Crippen LogP contribution in [0.3, 0.4) is 0 Å². The molecule has 0 aliphatic rings. The number of nitrogens with zero attached hydrogens (tertiary/aromatic N) is 3. The van der Waals surface area contributed by atoms with Gasteiger partial charge in [0.2, 0.25) is 5.88 Å². The number of para-hydroxylation sites is 2. The number of ether oxygens (including phenoxy) is 2. The quantitative estimate of drug-likeness (QED) is 0.535. The monoisotopic (exact) mass is 409 g/mol. The standard InChI is InChI=1S/C24H31N3O3/c1-5-15-27(16-18(2)28)17-20-23(19-11-7-6-8-12-19)25-26(3)24(20)30-22-14-10-9-13-21(22)29-4/h6-14,18,28H,5,15-17H2,1-4H3/t18-/m1/s1. The van der Waals surface area contributed by atoms with Crippen LogP contribution < -0.4 is 9.47 Å². The minimum absolute atomic E-state index is 0.410. The summed E-state index contributed by atoms with van der Waals surface area (Å²) in [7, 11) is 3.52. The molecule has 0 unspecified atom stereocenters. The van der Waals surface area contributed by atoms with Crippen molar-refractivity contribution < 1.29 is 14.6 Å². The Kier molecular flexibility index (Phi) is 7.49. The van der Waals surface area contributed by atoms with Gasteiger partial charge in [0, 0.05) is 25.7 Å². The highest BCUT2D eigenvalue weighted by Gasteiger charge is 2.23. The maximum Gasteiger partial charge on any atom is 0.222 e. The molecule has 160 valence electrons. The van der Waals surface area contributed by atoms with Crippen molar-refractivity contribution in [2.45, 2.75) is 32.9 Å². The van der Waals surface area contributed by atoms with Gasteiger partial charge in [0.25, 0.3) is 0 Å². The molecule has 0 saturated heterocycles. The molecule has 6 heteroatoms. The van der Waals surface area contributed by atoms with Gasteiger partial charge in [-0.1, -0.05) is 49.4 Å². The average molecular weight is 410 g/mol. The van der Waals surface area contributed by atoms with Crippen LogP contribution in [0.1, 0.15) is 25.8 Å². The molecular weight excluding hydrogens is 378 g/mol. The topological polar surface area (TPSA) is 59.8 Å². The van der Waals surface area contributed by atoms with Gasteiger partial charge in [-0.15, -0.1) is 0 Å². The van der Waals surface area contributed by atoms with Gasteiger partial charge in [-0.25, -0.2) is 4.68 Å². The van der Waals surface area contributed by atoms with Crippen molar-refractivity contribution in [2.24, 2.45) is 7.05 Å². The molecule has 1 heterocycles. The SMILES string of the molecule is CCCN(Cc1c(-c2ccccc2)nn(C)c1Oc1ccccc1OC)C[C@@H](C)O. The van der Waals surface area contributed by atoms with Crippen molar-refractivity contribution in [3.8, 4) is 28.6 Å². The molecule has 3 aromatic rings. The highest BCUT2D eigenvalue weighted by molar-refractivity contribution is 5.65. The molecule has 0 fully saturated rings. The van der Waals surface area contributed by atoms with Crippen LogP contribution in [0.15, 0.2) is 54.6 Å². The zero-order valence-electron chi connectivity index (χ0n) is 18.2. The van der Waals surface area contributed by atoms with Crippen LogP contribution in [0.4, 0.5) is 0 Å². The fourth-order valence-electron chi connectivity index (χ4n) is 3.61. The van der Waals surface area contributed by atoms with Crippen LogP contribution in [-0.4, -0.2) is 46.1 Å². The Hall–Kier alpha value is -2.83. The predicted molar refractivity (Wildman–Crippen MR) is 119 cm³/mol. The van der Waals surface area contributed by atoms with Gasteiger partial charge in [0.1, 0.15) is 5.69 Å². The lowest BCUT2D eigenvalue weighted by Gasteiger charge is -2.24. The van der Waals surface area contributed by atoms with Gasteiger partial charge in [0.15, 0.2) is 11.5 Å². The van der Waals surface area contributed by atoms with E-state index >= 15 is 0 Å². The van der Waals surface area contributed by atoms with Crippen LogP contribution in [0, 0.1) is 0 Å². The zero-order chi connectivity index (χ0) is 21.5. The van der Waals surface area contributed by atoms with E-state index in [0.29, 0.717) is 30.5 Å². The summed E-state index contributed by atoms with van der Waals surface area (Å²) in [6.45, 7) is 6.05. The lowest BCUT2D eigenvalue weighted by molar-refractivity contribution is 0.122. The lowest BCUT2D eigenvalue weighted by Crippen LogP contribution is -2.31. The Labute approximate surface area is 178 Å². The smallest absolute Gasteiger partial charge is 0.222 e. The molecule has 0 saturated carbocycles. The van der Waals surface area contributed by atoms with Crippen molar-refractivity contribution in [1.29, 1.82) is 0 Å². The van der Waals surface area contributed by atoms with Crippen LogP contribution >= 0.6 is 0 Å². The summed E-state index contributed by atoms with van der Waals surface area (Å²) < 4.78 is 13.6. The maximum atomic E-state index is 9.98. The van der Waals surface area contributed by atoms with Crippen molar-refractivity contribution in [3.05, 3.63) is 60.2 Å². The van der Waals surface area contributed by atoms with Crippen molar-refractivity contribution >= 4 is 0 Å². The minimum atomic E-state index is -0.410. The number of hydrogen-bond acceptors (Lipinski definition) is 5. The van der Waals surface area contributed by atoms with E-state index in [1.807, 2.05) is 56.4 Å². The summed E-state index contributed by atoms with van der Waals surface area (Å²) >= 11 is 0. The highest BCUT2D eigenvalue weighted by Crippen LogP contribution is 2.37. The number of rotatable bonds is 10. The largest absolute Gasteiger partial charge is 0.493 e. The molecule has 0 bridgehead atoms. The number of aliphatic hydroxyl groups is 1. The number of aryl methyl sites for hydroxylation is 1. The van der Waals surface area contributed by atoms with E-state index in [1.165, 1.54) is 0 Å². The summed E-state index contributed by atoms with van der Waals surface area (Å²) in [6, 6.07) is 17.7. The Morgan fingerprint density at radius 1 is 1.07 bits per heavy atom.